The van der Waals surface area contributed by atoms with Crippen LogP contribution >= 0.6 is 0 Å². The monoisotopic (exact) mass is 272 g/mol. The normalized spacial score (nSPS) is 11.4. The minimum absolute atomic E-state index is 0.00559. The zero-order valence-electron chi connectivity index (χ0n) is 10.1. The highest BCUT2D eigenvalue weighted by Crippen LogP contribution is 2.22. The van der Waals surface area contributed by atoms with Gasteiger partial charge in [0.15, 0.2) is 9.84 Å². The van der Waals surface area contributed by atoms with Gasteiger partial charge in [0.2, 0.25) is 0 Å². The van der Waals surface area contributed by atoms with Crippen LogP contribution in [0.3, 0.4) is 0 Å². The summed E-state index contributed by atoms with van der Waals surface area (Å²) in [6.45, 7) is 1.87. The Morgan fingerprint density at radius 1 is 1.39 bits per heavy atom. The number of rotatable bonds is 6. The van der Waals surface area contributed by atoms with E-state index in [0.29, 0.717) is 24.1 Å². The number of sulfone groups is 1. The van der Waals surface area contributed by atoms with E-state index in [0.717, 1.165) is 0 Å². The lowest BCUT2D eigenvalue weighted by molar-refractivity contribution is -0.385. The van der Waals surface area contributed by atoms with Gasteiger partial charge in [0.1, 0.15) is 0 Å². The van der Waals surface area contributed by atoms with E-state index in [1.54, 1.807) is 13.0 Å². The molecule has 0 radical (unpaired) electrons. The molecule has 1 rings (SSSR count). The maximum Gasteiger partial charge on any atom is 0.272 e. The molecule has 0 bridgehead atoms. The van der Waals surface area contributed by atoms with Gasteiger partial charge < -0.3 is 5.73 Å². The third-order valence-corrected chi connectivity index (χ3v) is 4.31. The van der Waals surface area contributed by atoms with Gasteiger partial charge in [0, 0.05) is 11.6 Å². The molecule has 0 aliphatic rings. The molecule has 6 nitrogen and oxygen atoms in total. The summed E-state index contributed by atoms with van der Waals surface area (Å²) in [6, 6.07) is 4.46. The van der Waals surface area contributed by atoms with Crippen LogP contribution in [0.15, 0.2) is 18.2 Å². The zero-order valence-corrected chi connectivity index (χ0v) is 10.9. The summed E-state index contributed by atoms with van der Waals surface area (Å²) >= 11 is 0. The Hall–Kier alpha value is -1.47. The Morgan fingerprint density at radius 2 is 2.06 bits per heavy atom. The lowest BCUT2D eigenvalue weighted by Gasteiger charge is -2.07. The summed E-state index contributed by atoms with van der Waals surface area (Å²) in [5.74, 6) is -0.174. The summed E-state index contributed by atoms with van der Waals surface area (Å²) in [5, 5.41) is 10.8. The van der Waals surface area contributed by atoms with Crippen LogP contribution in [-0.4, -0.2) is 25.6 Å². The molecular formula is C11H16N2O4S. The van der Waals surface area contributed by atoms with Crippen molar-refractivity contribution in [3.05, 3.63) is 39.4 Å². The lowest BCUT2D eigenvalue weighted by atomic mass is 10.1. The fourth-order valence-corrected chi connectivity index (χ4v) is 3.17. The number of nitro groups is 1. The number of hydrogen-bond acceptors (Lipinski definition) is 5. The van der Waals surface area contributed by atoms with Gasteiger partial charge >= 0.3 is 0 Å². The first-order chi connectivity index (χ1) is 8.37. The van der Waals surface area contributed by atoms with Crippen LogP contribution in [-0.2, 0) is 15.6 Å². The van der Waals surface area contributed by atoms with Crippen molar-refractivity contribution in [3.63, 3.8) is 0 Å². The molecule has 18 heavy (non-hydrogen) atoms. The van der Waals surface area contributed by atoms with Crippen LogP contribution in [0.4, 0.5) is 5.69 Å². The van der Waals surface area contributed by atoms with Crippen molar-refractivity contribution in [2.45, 2.75) is 19.1 Å². The smallest absolute Gasteiger partial charge is 0.272 e. The van der Waals surface area contributed by atoms with Crippen molar-refractivity contribution in [2.24, 2.45) is 5.73 Å². The van der Waals surface area contributed by atoms with Gasteiger partial charge in [-0.2, -0.15) is 0 Å². The molecule has 0 fully saturated rings. The molecule has 1 aromatic carbocycles. The topological polar surface area (TPSA) is 103 Å². The SMILES string of the molecule is Cc1c(CS(=O)(=O)CCCN)cccc1[N+](=O)[O-]. The second-order valence-electron chi connectivity index (χ2n) is 4.05. The van der Waals surface area contributed by atoms with E-state index in [-0.39, 0.29) is 17.2 Å². The third-order valence-electron chi connectivity index (χ3n) is 2.65. The molecule has 0 amide bonds. The van der Waals surface area contributed by atoms with Crippen LogP contribution in [0.2, 0.25) is 0 Å². The molecule has 0 heterocycles. The maximum atomic E-state index is 11.8. The number of benzene rings is 1. The van der Waals surface area contributed by atoms with E-state index < -0.39 is 14.8 Å². The molecule has 0 atom stereocenters. The Bertz CT molecular complexity index is 540. The average Bonchev–Trinajstić information content (AvgIpc) is 2.29. The quantitative estimate of drug-likeness (QED) is 0.618. The predicted octanol–water partition coefficient (Wildman–Crippen LogP) is 1.17. The van der Waals surface area contributed by atoms with Crippen LogP contribution < -0.4 is 5.73 Å². The molecular weight excluding hydrogens is 256 g/mol. The van der Waals surface area contributed by atoms with Gasteiger partial charge in [-0.3, -0.25) is 10.1 Å². The lowest BCUT2D eigenvalue weighted by Crippen LogP contribution is -2.14. The molecule has 0 saturated carbocycles. The standard InChI is InChI=1S/C11H16N2O4S/c1-9-10(4-2-5-11(9)13(14)15)8-18(16,17)7-3-6-12/h2,4-5H,3,6-8,12H2,1H3. The molecule has 0 saturated heterocycles. The first kappa shape index (κ1) is 14.6. The van der Waals surface area contributed by atoms with Gasteiger partial charge in [-0.05, 0) is 25.5 Å². The molecule has 0 spiro atoms. The van der Waals surface area contributed by atoms with Crippen molar-refractivity contribution in [2.75, 3.05) is 12.3 Å². The van der Waals surface area contributed by atoms with Gasteiger partial charge in [0.05, 0.1) is 16.4 Å². The van der Waals surface area contributed by atoms with E-state index in [2.05, 4.69) is 0 Å². The van der Waals surface area contributed by atoms with E-state index in [1.165, 1.54) is 12.1 Å². The van der Waals surface area contributed by atoms with Crippen molar-refractivity contribution in [3.8, 4) is 0 Å². The summed E-state index contributed by atoms with van der Waals surface area (Å²) in [4.78, 5) is 10.2. The van der Waals surface area contributed by atoms with Crippen molar-refractivity contribution in [1.82, 2.24) is 0 Å². The Balaban J connectivity index is 2.98. The van der Waals surface area contributed by atoms with Gasteiger partial charge in [-0.15, -0.1) is 0 Å². The number of nitrogens with two attached hydrogens (primary N) is 1. The molecule has 2 N–H and O–H groups in total. The van der Waals surface area contributed by atoms with E-state index >= 15 is 0 Å². The van der Waals surface area contributed by atoms with Gasteiger partial charge in [-0.1, -0.05) is 12.1 Å². The first-order valence-electron chi connectivity index (χ1n) is 5.51. The zero-order chi connectivity index (χ0) is 13.8. The molecule has 1 aromatic rings. The van der Waals surface area contributed by atoms with Gasteiger partial charge in [-0.25, -0.2) is 8.42 Å². The largest absolute Gasteiger partial charge is 0.330 e. The van der Waals surface area contributed by atoms with Crippen LogP contribution in [0, 0.1) is 17.0 Å². The Morgan fingerprint density at radius 3 is 2.61 bits per heavy atom. The third kappa shape index (κ3) is 3.78. The minimum atomic E-state index is -3.26. The Kier molecular flexibility index (Phi) is 4.80. The summed E-state index contributed by atoms with van der Waals surface area (Å²) in [5.41, 5.74) is 6.09. The highest BCUT2D eigenvalue weighted by Gasteiger charge is 2.18. The molecule has 7 heteroatoms. The number of hydrogen-bond donors (Lipinski definition) is 1. The first-order valence-corrected chi connectivity index (χ1v) is 7.33. The Labute approximate surface area is 106 Å². The van der Waals surface area contributed by atoms with Gasteiger partial charge in [0.25, 0.3) is 5.69 Å². The maximum absolute atomic E-state index is 11.8. The average molecular weight is 272 g/mol. The fraction of sp³-hybridized carbons (Fsp3) is 0.455. The van der Waals surface area contributed by atoms with E-state index in [4.69, 9.17) is 5.73 Å². The summed E-state index contributed by atoms with van der Waals surface area (Å²) in [7, 11) is -3.26. The molecule has 0 aliphatic carbocycles. The van der Waals surface area contributed by atoms with Crippen molar-refractivity contribution < 1.29 is 13.3 Å². The molecule has 100 valence electrons. The predicted molar refractivity (Wildman–Crippen MR) is 69.0 cm³/mol. The second-order valence-corrected chi connectivity index (χ2v) is 6.24. The molecule has 0 unspecified atom stereocenters. The second kappa shape index (κ2) is 5.92. The van der Waals surface area contributed by atoms with E-state index in [1.807, 2.05) is 0 Å². The minimum Gasteiger partial charge on any atom is -0.330 e. The molecule has 0 aliphatic heterocycles. The van der Waals surface area contributed by atoms with E-state index in [9.17, 15) is 18.5 Å². The van der Waals surface area contributed by atoms with Crippen molar-refractivity contribution >= 4 is 15.5 Å². The van der Waals surface area contributed by atoms with Crippen LogP contribution in [0.1, 0.15) is 17.5 Å². The summed E-state index contributed by atoms with van der Waals surface area (Å²) < 4.78 is 23.5. The number of nitrogens with zero attached hydrogens (tertiary/aromatic N) is 1. The van der Waals surface area contributed by atoms with Crippen LogP contribution in [0.5, 0.6) is 0 Å². The van der Waals surface area contributed by atoms with Crippen LogP contribution in [0.25, 0.3) is 0 Å². The highest BCUT2D eigenvalue weighted by atomic mass is 32.2. The fourth-order valence-electron chi connectivity index (χ4n) is 1.64. The van der Waals surface area contributed by atoms with Crippen molar-refractivity contribution in [1.29, 1.82) is 0 Å². The highest BCUT2D eigenvalue weighted by molar-refractivity contribution is 7.90. The number of nitro benzene ring substituents is 1. The summed E-state index contributed by atoms with van der Waals surface area (Å²) in [6.07, 6.45) is 0.399. The molecule has 0 aromatic heterocycles.